The third-order valence-electron chi connectivity index (χ3n) is 3.55. The molecule has 1 aromatic carbocycles. The molecule has 1 unspecified atom stereocenters. The minimum absolute atomic E-state index is 0.0358. The lowest BCUT2D eigenvalue weighted by Crippen LogP contribution is -2.24. The molecule has 0 spiro atoms. The van der Waals surface area contributed by atoms with Gasteiger partial charge in [0.25, 0.3) is 0 Å². The van der Waals surface area contributed by atoms with Gasteiger partial charge in [0.05, 0.1) is 25.1 Å². The highest BCUT2D eigenvalue weighted by atomic mass is 16.7. The van der Waals surface area contributed by atoms with Gasteiger partial charge in [-0.15, -0.1) is 0 Å². The van der Waals surface area contributed by atoms with Crippen molar-refractivity contribution in [2.24, 2.45) is 0 Å². The number of hydrogen-bond donors (Lipinski definition) is 1. The standard InChI is InChI=1S/C17H19NO3/c19-12-13-4-3-5-14(10-13)16-8-7-15(11-18-16)21-17-6-1-2-9-20-17/h3-5,7-8,10-11,17,19H,1-2,6,9,12H2. The van der Waals surface area contributed by atoms with Gasteiger partial charge in [0, 0.05) is 12.0 Å². The minimum Gasteiger partial charge on any atom is -0.463 e. The molecule has 1 aromatic heterocycles. The highest BCUT2D eigenvalue weighted by Crippen LogP contribution is 2.23. The van der Waals surface area contributed by atoms with Crippen molar-refractivity contribution in [1.29, 1.82) is 0 Å². The summed E-state index contributed by atoms with van der Waals surface area (Å²) < 4.78 is 11.3. The van der Waals surface area contributed by atoms with Crippen molar-refractivity contribution in [1.82, 2.24) is 4.98 Å². The Morgan fingerprint density at radius 1 is 1.24 bits per heavy atom. The second kappa shape index (κ2) is 6.70. The maximum Gasteiger partial charge on any atom is 0.199 e. The quantitative estimate of drug-likeness (QED) is 0.937. The van der Waals surface area contributed by atoms with Crippen LogP contribution in [0.4, 0.5) is 0 Å². The molecule has 1 aliphatic rings. The van der Waals surface area contributed by atoms with E-state index in [1.54, 1.807) is 6.20 Å². The predicted molar refractivity (Wildman–Crippen MR) is 79.8 cm³/mol. The molecule has 1 fully saturated rings. The van der Waals surface area contributed by atoms with Crippen molar-refractivity contribution in [3.63, 3.8) is 0 Å². The lowest BCUT2D eigenvalue weighted by Gasteiger charge is -2.23. The zero-order chi connectivity index (χ0) is 14.5. The van der Waals surface area contributed by atoms with Gasteiger partial charge in [0.15, 0.2) is 6.29 Å². The number of pyridine rings is 1. The van der Waals surface area contributed by atoms with Crippen LogP contribution in [0.1, 0.15) is 24.8 Å². The van der Waals surface area contributed by atoms with Gasteiger partial charge in [-0.05, 0) is 36.6 Å². The van der Waals surface area contributed by atoms with Crippen LogP contribution in [-0.2, 0) is 11.3 Å². The first-order valence-corrected chi connectivity index (χ1v) is 7.29. The lowest BCUT2D eigenvalue weighted by molar-refractivity contribution is -0.106. The number of benzene rings is 1. The van der Waals surface area contributed by atoms with Crippen molar-refractivity contribution in [2.75, 3.05) is 6.61 Å². The third-order valence-corrected chi connectivity index (χ3v) is 3.55. The van der Waals surface area contributed by atoms with Gasteiger partial charge in [-0.1, -0.05) is 18.2 Å². The Labute approximate surface area is 124 Å². The van der Waals surface area contributed by atoms with Crippen LogP contribution in [-0.4, -0.2) is 23.0 Å². The first-order valence-electron chi connectivity index (χ1n) is 7.29. The molecule has 0 amide bonds. The first-order chi connectivity index (χ1) is 10.3. The molecule has 1 saturated heterocycles. The van der Waals surface area contributed by atoms with Crippen molar-refractivity contribution in [2.45, 2.75) is 32.2 Å². The van der Waals surface area contributed by atoms with Crippen LogP contribution < -0.4 is 4.74 Å². The Balaban J connectivity index is 1.70. The normalized spacial score (nSPS) is 18.4. The number of hydrogen-bond acceptors (Lipinski definition) is 4. The maximum absolute atomic E-state index is 9.18. The topological polar surface area (TPSA) is 51.6 Å². The molecule has 2 heterocycles. The zero-order valence-corrected chi connectivity index (χ0v) is 11.9. The molecule has 2 aromatic rings. The number of aliphatic hydroxyl groups excluding tert-OH is 1. The van der Waals surface area contributed by atoms with Gasteiger partial charge in [-0.2, -0.15) is 0 Å². The van der Waals surface area contributed by atoms with Crippen molar-refractivity contribution in [3.8, 4) is 17.0 Å². The molecule has 1 atom stereocenters. The van der Waals surface area contributed by atoms with Crippen LogP contribution in [0.15, 0.2) is 42.6 Å². The third kappa shape index (κ3) is 3.60. The van der Waals surface area contributed by atoms with Gasteiger partial charge >= 0.3 is 0 Å². The number of aliphatic hydroxyl groups is 1. The van der Waals surface area contributed by atoms with Crippen LogP contribution in [0, 0.1) is 0 Å². The summed E-state index contributed by atoms with van der Waals surface area (Å²) in [7, 11) is 0. The van der Waals surface area contributed by atoms with Gasteiger partial charge in [0.1, 0.15) is 5.75 Å². The van der Waals surface area contributed by atoms with Gasteiger partial charge in [-0.3, -0.25) is 4.98 Å². The van der Waals surface area contributed by atoms with E-state index in [4.69, 9.17) is 9.47 Å². The second-order valence-electron chi connectivity index (χ2n) is 5.15. The first kappa shape index (κ1) is 14.0. The van der Waals surface area contributed by atoms with Gasteiger partial charge in [0.2, 0.25) is 0 Å². The van der Waals surface area contributed by atoms with E-state index in [2.05, 4.69) is 4.98 Å². The fourth-order valence-corrected chi connectivity index (χ4v) is 2.41. The van der Waals surface area contributed by atoms with Gasteiger partial charge in [-0.25, -0.2) is 0 Å². The molecule has 21 heavy (non-hydrogen) atoms. The monoisotopic (exact) mass is 285 g/mol. The average molecular weight is 285 g/mol. The maximum atomic E-state index is 9.18. The molecule has 0 radical (unpaired) electrons. The summed E-state index contributed by atoms with van der Waals surface area (Å²) in [5.74, 6) is 0.726. The Morgan fingerprint density at radius 2 is 2.19 bits per heavy atom. The molecular formula is C17H19NO3. The number of aromatic nitrogens is 1. The van der Waals surface area contributed by atoms with Crippen molar-refractivity contribution < 1.29 is 14.6 Å². The summed E-state index contributed by atoms with van der Waals surface area (Å²) in [5, 5.41) is 9.18. The van der Waals surface area contributed by atoms with E-state index in [1.807, 2.05) is 36.4 Å². The Bertz CT molecular complexity index is 577. The van der Waals surface area contributed by atoms with E-state index >= 15 is 0 Å². The smallest absolute Gasteiger partial charge is 0.199 e. The molecule has 0 bridgehead atoms. The summed E-state index contributed by atoms with van der Waals surface area (Å²) in [4.78, 5) is 4.43. The minimum atomic E-state index is -0.149. The van der Waals surface area contributed by atoms with E-state index in [1.165, 1.54) is 0 Å². The van der Waals surface area contributed by atoms with Crippen molar-refractivity contribution >= 4 is 0 Å². The molecule has 3 rings (SSSR count). The summed E-state index contributed by atoms with van der Waals surface area (Å²) in [6, 6.07) is 11.6. The van der Waals surface area contributed by atoms with Crippen LogP contribution in [0.3, 0.4) is 0 Å². The van der Waals surface area contributed by atoms with Crippen LogP contribution in [0.25, 0.3) is 11.3 Å². The van der Waals surface area contributed by atoms with E-state index in [-0.39, 0.29) is 12.9 Å². The lowest BCUT2D eigenvalue weighted by atomic mass is 10.1. The van der Waals surface area contributed by atoms with Crippen LogP contribution in [0.2, 0.25) is 0 Å². The Kier molecular flexibility index (Phi) is 4.48. The SMILES string of the molecule is OCc1cccc(-c2ccc(OC3CCCCO3)cn2)c1. The summed E-state index contributed by atoms with van der Waals surface area (Å²) in [6.45, 7) is 0.804. The summed E-state index contributed by atoms with van der Waals surface area (Å²) in [5.41, 5.74) is 2.73. The molecular weight excluding hydrogens is 266 g/mol. The fourth-order valence-electron chi connectivity index (χ4n) is 2.41. The molecule has 4 nitrogen and oxygen atoms in total. The number of ether oxygens (including phenoxy) is 2. The van der Waals surface area contributed by atoms with E-state index in [0.717, 1.165) is 48.4 Å². The Hall–Kier alpha value is -1.91. The molecule has 4 heteroatoms. The second-order valence-corrected chi connectivity index (χ2v) is 5.15. The average Bonchev–Trinajstić information content (AvgIpc) is 2.56. The summed E-state index contributed by atoms with van der Waals surface area (Å²) >= 11 is 0. The molecule has 110 valence electrons. The molecule has 0 aliphatic carbocycles. The largest absolute Gasteiger partial charge is 0.463 e. The zero-order valence-electron chi connectivity index (χ0n) is 11.9. The van der Waals surface area contributed by atoms with E-state index in [0.29, 0.717) is 0 Å². The Morgan fingerprint density at radius 3 is 2.90 bits per heavy atom. The molecule has 1 N–H and O–H groups in total. The van der Waals surface area contributed by atoms with Crippen LogP contribution in [0.5, 0.6) is 5.75 Å². The summed E-state index contributed by atoms with van der Waals surface area (Å²) in [6.07, 6.45) is 4.76. The van der Waals surface area contributed by atoms with Gasteiger partial charge < -0.3 is 14.6 Å². The molecule has 1 aliphatic heterocycles. The van der Waals surface area contributed by atoms with E-state index in [9.17, 15) is 5.11 Å². The van der Waals surface area contributed by atoms with Crippen molar-refractivity contribution in [3.05, 3.63) is 48.2 Å². The number of nitrogens with zero attached hydrogens (tertiary/aromatic N) is 1. The highest BCUT2D eigenvalue weighted by molar-refractivity contribution is 5.60. The molecule has 0 saturated carbocycles. The fraction of sp³-hybridized carbons (Fsp3) is 0.353. The highest BCUT2D eigenvalue weighted by Gasteiger charge is 2.15. The van der Waals surface area contributed by atoms with E-state index < -0.39 is 0 Å². The predicted octanol–water partition coefficient (Wildman–Crippen LogP) is 3.15. The number of rotatable bonds is 4. The van der Waals surface area contributed by atoms with Crippen LogP contribution >= 0.6 is 0 Å².